The molecule has 0 spiro atoms. The summed E-state index contributed by atoms with van der Waals surface area (Å²) in [6, 6.07) is 20.0. The van der Waals surface area contributed by atoms with E-state index < -0.39 is 11.9 Å². The molecule has 10 heteroatoms. The Morgan fingerprint density at radius 3 is 2.55 bits per heavy atom. The molecule has 204 valence electrons. The largest absolute Gasteiger partial charge is 0.454 e. The monoisotopic (exact) mass is 556 g/mol. The molecule has 1 saturated carbocycles. The van der Waals surface area contributed by atoms with Crippen molar-refractivity contribution in [2.75, 3.05) is 17.9 Å². The highest BCUT2D eigenvalue weighted by Gasteiger charge is 2.23. The number of amides is 3. The summed E-state index contributed by atoms with van der Waals surface area (Å²) >= 11 is 1.17. The number of aromatic nitrogens is 2. The molecule has 0 saturated heterocycles. The number of carbonyl (C=O) groups excluding carboxylic acids is 2. The van der Waals surface area contributed by atoms with Crippen LogP contribution in [0.1, 0.15) is 38.1 Å². The Labute approximate surface area is 234 Å². The maximum Gasteiger partial charge on any atom is 0.325 e. The molecule has 2 N–H and O–H groups in total. The lowest BCUT2D eigenvalue weighted by molar-refractivity contribution is -0.117. The van der Waals surface area contributed by atoms with Crippen LogP contribution in [0.4, 0.5) is 10.5 Å². The van der Waals surface area contributed by atoms with E-state index >= 15 is 0 Å². The zero-order valence-corrected chi connectivity index (χ0v) is 22.5. The molecule has 0 radical (unpaired) electrons. The molecule has 1 fully saturated rings. The third-order valence-corrected chi connectivity index (χ3v) is 8.08. The second-order valence-electron chi connectivity index (χ2n) is 9.82. The average Bonchev–Trinajstić information content (AvgIpc) is 3.45. The van der Waals surface area contributed by atoms with Gasteiger partial charge in [0.05, 0.1) is 16.7 Å². The zero-order valence-electron chi connectivity index (χ0n) is 21.7. The lowest BCUT2D eigenvalue weighted by Gasteiger charge is -2.26. The van der Waals surface area contributed by atoms with Crippen molar-refractivity contribution in [3.63, 3.8) is 0 Å². The van der Waals surface area contributed by atoms with Crippen LogP contribution in [0.3, 0.4) is 0 Å². The standard InChI is InChI=1S/C30H28N4O5S/c35-27(33-29(37)31-21-12-14-25-26(16-21)39-18-38-25)17-40-30-32-24-13-11-20(19-7-3-1-4-8-19)15-23(24)28(36)34(30)22-9-5-2-6-10-22/h1,3-4,7-8,11-16,22H,2,5-6,9-10,17-18H2,(H2,31,33,35,37). The van der Waals surface area contributed by atoms with Crippen LogP contribution in [0.15, 0.2) is 76.7 Å². The lowest BCUT2D eigenvalue weighted by atomic mass is 9.95. The van der Waals surface area contributed by atoms with Crippen molar-refractivity contribution in [3.05, 3.63) is 77.1 Å². The van der Waals surface area contributed by atoms with E-state index in [2.05, 4.69) is 10.6 Å². The average molecular weight is 557 g/mol. The van der Waals surface area contributed by atoms with E-state index in [1.165, 1.54) is 11.8 Å². The number of urea groups is 1. The Hall–Kier alpha value is -4.31. The fourth-order valence-corrected chi connectivity index (χ4v) is 6.05. The van der Waals surface area contributed by atoms with E-state index in [1.807, 2.05) is 48.5 Å². The van der Waals surface area contributed by atoms with Gasteiger partial charge in [-0.2, -0.15) is 0 Å². The summed E-state index contributed by atoms with van der Waals surface area (Å²) in [5.74, 6) is 0.564. The first-order valence-corrected chi connectivity index (χ1v) is 14.3. The molecule has 9 nitrogen and oxygen atoms in total. The van der Waals surface area contributed by atoms with Gasteiger partial charge in [0, 0.05) is 17.8 Å². The minimum atomic E-state index is -0.658. The number of anilines is 1. The van der Waals surface area contributed by atoms with Gasteiger partial charge in [0.25, 0.3) is 5.56 Å². The minimum Gasteiger partial charge on any atom is -0.454 e. The Morgan fingerprint density at radius 1 is 0.925 bits per heavy atom. The molecule has 0 bridgehead atoms. The highest BCUT2D eigenvalue weighted by atomic mass is 32.2. The van der Waals surface area contributed by atoms with E-state index in [0.29, 0.717) is 33.2 Å². The van der Waals surface area contributed by atoms with Crippen LogP contribution >= 0.6 is 11.8 Å². The molecule has 4 aromatic rings. The molecule has 1 aliphatic carbocycles. The number of fused-ring (bicyclic) bond motifs is 2. The number of carbonyl (C=O) groups is 2. The van der Waals surface area contributed by atoms with Gasteiger partial charge in [0.15, 0.2) is 16.7 Å². The van der Waals surface area contributed by atoms with E-state index in [0.717, 1.165) is 43.2 Å². The molecule has 1 aromatic heterocycles. The van der Waals surface area contributed by atoms with Crippen molar-refractivity contribution in [2.45, 2.75) is 43.3 Å². The summed E-state index contributed by atoms with van der Waals surface area (Å²) in [5, 5.41) is 6.02. The minimum absolute atomic E-state index is 0.0263. The number of ether oxygens (including phenoxy) is 2. The first-order chi connectivity index (χ1) is 19.5. The van der Waals surface area contributed by atoms with E-state index in [4.69, 9.17) is 14.5 Å². The first kappa shape index (κ1) is 25.9. The van der Waals surface area contributed by atoms with Gasteiger partial charge < -0.3 is 14.8 Å². The molecular formula is C30H28N4O5S. The van der Waals surface area contributed by atoms with Gasteiger partial charge in [0.1, 0.15) is 0 Å². The molecular weight excluding hydrogens is 528 g/mol. The van der Waals surface area contributed by atoms with Crippen LogP contribution in [-0.4, -0.2) is 34.0 Å². The van der Waals surface area contributed by atoms with Crippen molar-refractivity contribution in [1.82, 2.24) is 14.9 Å². The lowest BCUT2D eigenvalue weighted by Crippen LogP contribution is -2.36. The quantitative estimate of drug-likeness (QED) is 0.230. The first-order valence-electron chi connectivity index (χ1n) is 13.3. The Morgan fingerprint density at radius 2 is 1.73 bits per heavy atom. The van der Waals surface area contributed by atoms with Crippen molar-refractivity contribution < 1.29 is 19.1 Å². The second-order valence-corrected chi connectivity index (χ2v) is 10.8. The fourth-order valence-electron chi connectivity index (χ4n) is 5.18. The van der Waals surface area contributed by atoms with Gasteiger partial charge in [-0.15, -0.1) is 0 Å². The molecule has 40 heavy (non-hydrogen) atoms. The third-order valence-electron chi connectivity index (χ3n) is 7.13. The predicted molar refractivity (Wildman–Crippen MR) is 154 cm³/mol. The summed E-state index contributed by atoms with van der Waals surface area (Å²) in [4.78, 5) is 43.8. The molecule has 6 rings (SSSR count). The number of thioether (sulfide) groups is 1. The normalized spacial score (nSPS) is 14.7. The SMILES string of the molecule is O=C(CSc1nc2ccc(-c3ccccc3)cc2c(=O)n1C1CCCCC1)NC(=O)Nc1ccc2c(c1)OCO2. The fraction of sp³-hybridized carbons (Fsp3) is 0.267. The molecule has 0 unspecified atom stereocenters. The van der Waals surface area contributed by atoms with Crippen molar-refractivity contribution in [3.8, 4) is 22.6 Å². The highest BCUT2D eigenvalue weighted by molar-refractivity contribution is 7.99. The number of rotatable bonds is 6. The van der Waals surface area contributed by atoms with Crippen molar-refractivity contribution >= 4 is 40.3 Å². The van der Waals surface area contributed by atoms with E-state index in [9.17, 15) is 14.4 Å². The summed E-state index contributed by atoms with van der Waals surface area (Å²) in [6.07, 6.45) is 5.02. The molecule has 1 aliphatic heterocycles. The molecule has 0 atom stereocenters. The van der Waals surface area contributed by atoms with Crippen LogP contribution in [-0.2, 0) is 4.79 Å². The molecule has 3 amide bonds. The number of nitrogens with one attached hydrogen (secondary N) is 2. The van der Waals surface area contributed by atoms with Crippen LogP contribution < -0.4 is 25.7 Å². The smallest absolute Gasteiger partial charge is 0.325 e. The number of hydrogen-bond acceptors (Lipinski definition) is 7. The van der Waals surface area contributed by atoms with Crippen LogP contribution in [0.5, 0.6) is 11.5 Å². The predicted octanol–water partition coefficient (Wildman–Crippen LogP) is 5.74. The summed E-state index contributed by atoms with van der Waals surface area (Å²) < 4.78 is 12.4. The number of imide groups is 1. The number of hydrogen-bond donors (Lipinski definition) is 2. The van der Waals surface area contributed by atoms with Crippen LogP contribution in [0.2, 0.25) is 0 Å². The molecule has 2 heterocycles. The number of nitrogens with zero attached hydrogens (tertiary/aromatic N) is 2. The van der Waals surface area contributed by atoms with Crippen molar-refractivity contribution in [1.29, 1.82) is 0 Å². The maximum absolute atomic E-state index is 13.9. The van der Waals surface area contributed by atoms with Gasteiger partial charge in [-0.25, -0.2) is 9.78 Å². The van der Waals surface area contributed by atoms with E-state index in [-0.39, 0.29) is 24.1 Å². The van der Waals surface area contributed by atoms with Gasteiger partial charge >= 0.3 is 6.03 Å². The Balaban J connectivity index is 1.21. The van der Waals surface area contributed by atoms with Gasteiger partial charge in [-0.05, 0) is 48.2 Å². The third kappa shape index (κ3) is 5.53. The zero-order chi connectivity index (χ0) is 27.5. The summed E-state index contributed by atoms with van der Waals surface area (Å²) in [7, 11) is 0. The van der Waals surface area contributed by atoms with E-state index in [1.54, 1.807) is 22.8 Å². The van der Waals surface area contributed by atoms with Gasteiger partial charge in [-0.1, -0.05) is 67.4 Å². The van der Waals surface area contributed by atoms with Crippen LogP contribution in [0, 0.1) is 0 Å². The topological polar surface area (TPSA) is 112 Å². The van der Waals surface area contributed by atoms with Gasteiger partial charge in [-0.3, -0.25) is 19.5 Å². The summed E-state index contributed by atoms with van der Waals surface area (Å²) in [6.45, 7) is 0.129. The van der Waals surface area contributed by atoms with Crippen LogP contribution in [0.25, 0.3) is 22.0 Å². The Bertz CT molecular complexity index is 1630. The Kier molecular flexibility index (Phi) is 7.41. The molecule has 3 aromatic carbocycles. The number of benzene rings is 3. The second kappa shape index (κ2) is 11.4. The molecule has 2 aliphatic rings. The summed E-state index contributed by atoms with van der Waals surface area (Å²) in [5.41, 5.74) is 2.94. The van der Waals surface area contributed by atoms with Gasteiger partial charge in [0.2, 0.25) is 12.7 Å². The highest BCUT2D eigenvalue weighted by Crippen LogP contribution is 2.34. The maximum atomic E-state index is 13.9. The van der Waals surface area contributed by atoms with Crippen molar-refractivity contribution in [2.24, 2.45) is 0 Å².